The first-order valence-electron chi connectivity index (χ1n) is 8.53. The van der Waals surface area contributed by atoms with E-state index >= 15 is 0 Å². The topological polar surface area (TPSA) is 111 Å². The number of nitro benzene ring substituents is 1. The molecule has 0 aliphatic carbocycles. The van der Waals surface area contributed by atoms with Crippen LogP contribution in [0.15, 0.2) is 48.5 Å². The van der Waals surface area contributed by atoms with Gasteiger partial charge in [0, 0.05) is 12.6 Å². The summed E-state index contributed by atoms with van der Waals surface area (Å²) in [6.07, 6.45) is 0. The highest BCUT2D eigenvalue weighted by Gasteiger charge is 2.19. The molecule has 0 bridgehead atoms. The fourth-order valence-electron chi connectivity index (χ4n) is 2.45. The Bertz CT molecular complexity index is 855. The predicted molar refractivity (Wildman–Crippen MR) is 102 cm³/mol. The second-order valence-electron chi connectivity index (χ2n) is 5.67. The highest BCUT2D eigenvalue weighted by molar-refractivity contribution is 5.95. The highest BCUT2D eigenvalue weighted by Crippen LogP contribution is 2.26. The van der Waals surface area contributed by atoms with Gasteiger partial charge >= 0.3 is 5.69 Å². The van der Waals surface area contributed by atoms with E-state index in [2.05, 4.69) is 5.32 Å². The first-order chi connectivity index (χ1) is 13.5. The number of nitro groups is 1. The molecule has 9 heteroatoms. The third-order valence-corrected chi connectivity index (χ3v) is 3.86. The third kappa shape index (κ3) is 5.44. The SMILES string of the molecule is CCN(CC(=O)Nc1ccccc1OC)C(=O)COc1ccccc1[N+](=O)[O-]. The lowest BCUT2D eigenvalue weighted by molar-refractivity contribution is -0.385. The average molecular weight is 387 g/mol. The van der Waals surface area contributed by atoms with Crippen molar-refractivity contribution in [3.63, 3.8) is 0 Å². The molecule has 0 radical (unpaired) electrons. The van der Waals surface area contributed by atoms with Gasteiger partial charge in [0.1, 0.15) is 5.75 Å². The molecule has 0 aliphatic heterocycles. The van der Waals surface area contributed by atoms with E-state index in [1.165, 1.54) is 30.2 Å². The molecule has 148 valence electrons. The minimum atomic E-state index is -0.585. The largest absolute Gasteiger partial charge is 0.495 e. The summed E-state index contributed by atoms with van der Waals surface area (Å²) in [5.41, 5.74) is 0.266. The van der Waals surface area contributed by atoms with E-state index in [0.717, 1.165) is 0 Å². The van der Waals surface area contributed by atoms with E-state index in [1.807, 2.05) is 0 Å². The Balaban J connectivity index is 1.96. The van der Waals surface area contributed by atoms with Crippen LogP contribution in [-0.4, -0.2) is 48.4 Å². The zero-order chi connectivity index (χ0) is 20.5. The van der Waals surface area contributed by atoms with Gasteiger partial charge in [0.05, 0.1) is 24.3 Å². The maximum absolute atomic E-state index is 12.4. The highest BCUT2D eigenvalue weighted by atomic mass is 16.6. The van der Waals surface area contributed by atoms with E-state index in [4.69, 9.17) is 9.47 Å². The smallest absolute Gasteiger partial charge is 0.310 e. The molecule has 28 heavy (non-hydrogen) atoms. The molecule has 0 fully saturated rings. The standard InChI is InChI=1S/C19H21N3O6/c1-3-21(12-18(23)20-14-8-4-6-10-16(14)27-2)19(24)13-28-17-11-7-5-9-15(17)22(25)26/h4-11H,3,12-13H2,1-2H3,(H,20,23). The zero-order valence-electron chi connectivity index (χ0n) is 15.6. The second kappa shape index (κ2) is 9.91. The quantitative estimate of drug-likeness (QED) is 0.523. The molecule has 2 rings (SSSR count). The molecule has 0 aromatic heterocycles. The number of carbonyl (C=O) groups is 2. The number of hydrogen-bond acceptors (Lipinski definition) is 6. The summed E-state index contributed by atoms with van der Waals surface area (Å²) in [6.45, 7) is 1.39. The van der Waals surface area contributed by atoms with Crippen molar-refractivity contribution >= 4 is 23.2 Å². The number of amides is 2. The van der Waals surface area contributed by atoms with Gasteiger partial charge in [-0.05, 0) is 25.1 Å². The number of benzene rings is 2. The Morgan fingerprint density at radius 1 is 1.11 bits per heavy atom. The van der Waals surface area contributed by atoms with Crippen LogP contribution >= 0.6 is 0 Å². The molecular formula is C19H21N3O6. The number of nitrogens with one attached hydrogen (secondary N) is 1. The van der Waals surface area contributed by atoms with E-state index in [9.17, 15) is 19.7 Å². The van der Waals surface area contributed by atoms with Crippen LogP contribution in [-0.2, 0) is 9.59 Å². The molecule has 0 spiro atoms. The summed E-state index contributed by atoms with van der Waals surface area (Å²) in [6, 6.07) is 12.7. The summed E-state index contributed by atoms with van der Waals surface area (Å²) in [4.78, 5) is 36.3. The number of carbonyl (C=O) groups excluding carboxylic acids is 2. The van der Waals surface area contributed by atoms with Crippen LogP contribution in [0.2, 0.25) is 0 Å². The number of hydrogen-bond donors (Lipinski definition) is 1. The van der Waals surface area contributed by atoms with Crippen LogP contribution in [0.25, 0.3) is 0 Å². The maximum atomic E-state index is 12.4. The summed E-state index contributed by atoms with van der Waals surface area (Å²) in [7, 11) is 1.49. The Morgan fingerprint density at radius 3 is 2.39 bits per heavy atom. The molecule has 0 saturated carbocycles. The molecule has 0 atom stereocenters. The number of anilines is 1. The normalized spacial score (nSPS) is 10.1. The molecule has 9 nitrogen and oxygen atoms in total. The summed E-state index contributed by atoms with van der Waals surface area (Å²) >= 11 is 0. The van der Waals surface area contributed by atoms with Gasteiger partial charge < -0.3 is 19.7 Å². The summed E-state index contributed by atoms with van der Waals surface area (Å²) in [5.74, 6) is -0.360. The molecule has 1 N–H and O–H groups in total. The molecule has 2 aromatic rings. The van der Waals surface area contributed by atoms with Gasteiger partial charge in [-0.25, -0.2) is 0 Å². The van der Waals surface area contributed by atoms with E-state index in [1.54, 1.807) is 37.3 Å². The fourth-order valence-corrected chi connectivity index (χ4v) is 2.45. The van der Waals surface area contributed by atoms with Crippen LogP contribution in [0.4, 0.5) is 11.4 Å². The van der Waals surface area contributed by atoms with Crippen LogP contribution in [0, 0.1) is 10.1 Å². The van der Waals surface area contributed by atoms with E-state index in [-0.39, 0.29) is 24.5 Å². The first kappa shape index (κ1) is 20.7. The van der Waals surface area contributed by atoms with Crippen molar-refractivity contribution in [2.75, 3.05) is 32.1 Å². The predicted octanol–water partition coefficient (Wildman–Crippen LogP) is 2.47. The Kier molecular flexibility index (Phi) is 7.32. The van der Waals surface area contributed by atoms with E-state index in [0.29, 0.717) is 11.4 Å². The summed E-state index contributed by atoms with van der Waals surface area (Å²) in [5, 5.41) is 13.7. The van der Waals surface area contributed by atoms with E-state index < -0.39 is 23.3 Å². The average Bonchev–Trinajstić information content (AvgIpc) is 2.70. The number of ether oxygens (including phenoxy) is 2. The Labute approximate surface area is 162 Å². The molecular weight excluding hydrogens is 366 g/mol. The van der Waals surface area contributed by atoms with Gasteiger partial charge in [-0.2, -0.15) is 0 Å². The van der Waals surface area contributed by atoms with Crippen molar-refractivity contribution in [3.8, 4) is 11.5 Å². The van der Waals surface area contributed by atoms with Gasteiger partial charge in [-0.1, -0.05) is 24.3 Å². The van der Waals surface area contributed by atoms with Crippen LogP contribution in [0.1, 0.15) is 6.92 Å². The third-order valence-electron chi connectivity index (χ3n) is 3.86. The van der Waals surface area contributed by atoms with Crippen molar-refractivity contribution < 1.29 is 24.0 Å². The van der Waals surface area contributed by atoms with Crippen LogP contribution in [0.5, 0.6) is 11.5 Å². The molecule has 0 unspecified atom stereocenters. The monoisotopic (exact) mass is 387 g/mol. The zero-order valence-corrected chi connectivity index (χ0v) is 15.6. The van der Waals surface area contributed by atoms with Crippen molar-refractivity contribution in [2.24, 2.45) is 0 Å². The number of para-hydroxylation sites is 4. The lowest BCUT2D eigenvalue weighted by Crippen LogP contribution is -2.40. The van der Waals surface area contributed by atoms with Gasteiger partial charge in [0.15, 0.2) is 12.4 Å². The summed E-state index contributed by atoms with van der Waals surface area (Å²) < 4.78 is 10.5. The Morgan fingerprint density at radius 2 is 1.75 bits per heavy atom. The molecule has 0 heterocycles. The lowest BCUT2D eigenvalue weighted by atomic mass is 10.3. The van der Waals surface area contributed by atoms with Gasteiger partial charge in [0.2, 0.25) is 5.91 Å². The number of rotatable bonds is 9. The first-order valence-corrected chi connectivity index (χ1v) is 8.53. The van der Waals surface area contributed by atoms with Gasteiger partial charge in [-0.3, -0.25) is 19.7 Å². The van der Waals surface area contributed by atoms with Crippen LogP contribution in [0.3, 0.4) is 0 Å². The van der Waals surface area contributed by atoms with Crippen LogP contribution < -0.4 is 14.8 Å². The van der Waals surface area contributed by atoms with Gasteiger partial charge in [0.25, 0.3) is 5.91 Å². The number of likely N-dealkylation sites (N-methyl/N-ethyl adjacent to an activating group) is 1. The molecule has 0 saturated heterocycles. The molecule has 2 aromatic carbocycles. The van der Waals surface area contributed by atoms with Crippen molar-refractivity contribution in [1.29, 1.82) is 0 Å². The maximum Gasteiger partial charge on any atom is 0.310 e. The lowest BCUT2D eigenvalue weighted by Gasteiger charge is -2.20. The van der Waals surface area contributed by atoms with Crippen molar-refractivity contribution in [3.05, 3.63) is 58.6 Å². The Hall–Kier alpha value is -3.62. The minimum Gasteiger partial charge on any atom is -0.495 e. The number of nitrogens with zero attached hydrogens (tertiary/aromatic N) is 2. The minimum absolute atomic E-state index is 0.00428. The second-order valence-corrected chi connectivity index (χ2v) is 5.67. The van der Waals surface area contributed by atoms with Crippen molar-refractivity contribution in [2.45, 2.75) is 6.92 Å². The fraction of sp³-hybridized carbons (Fsp3) is 0.263. The number of methoxy groups -OCH3 is 1. The molecule has 2 amide bonds. The van der Waals surface area contributed by atoms with Gasteiger partial charge in [-0.15, -0.1) is 0 Å². The molecule has 0 aliphatic rings. The van der Waals surface area contributed by atoms with Crippen molar-refractivity contribution in [1.82, 2.24) is 4.90 Å².